The van der Waals surface area contributed by atoms with E-state index in [2.05, 4.69) is 5.32 Å². The monoisotopic (exact) mass is 264 g/mol. The SMILES string of the molecule is CON1C(=O)[C@H](NC(=O)OCc2ccccc2)[C@H]1C. The normalized spacial score (nSPS) is 21.8. The molecular formula is C13H16N2O4. The first-order valence-corrected chi connectivity index (χ1v) is 5.98. The molecule has 2 amide bonds. The molecule has 2 atom stereocenters. The van der Waals surface area contributed by atoms with Gasteiger partial charge in [0, 0.05) is 0 Å². The van der Waals surface area contributed by atoms with Gasteiger partial charge in [-0.25, -0.2) is 9.86 Å². The predicted molar refractivity (Wildman–Crippen MR) is 66.9 cm³/mol. The van der Waals surface area contributed by atoms with Crippen molar-refractivity contribution in [1.82, 2.24) is 10.4 Å². The third-order valence-electron chi connectivity index (χ3n) is 3.02. The Kier molecular flexibility index (Phi) is 4.01. The maximum Gasteiger partial charge on any atom is 0.408 e. The van der Waals surface area contributed by atoms with E-state index in [0.717, 1.165) is 5.56 Å². The van der Waals surface area contributed by atoms with Gasteiger partial charge in [-0.1, -0.05) is 30.3 Å². The second-order valence-electron chi connectivity index (χ2n) is 4.27. The molecule has 0 radical (unpaired) electrons. The topological polar surface area (TPSA) is 67.9 Å². The van der Waals surface area contributed by atoms with Crippen LogP contribution >= 0.6 is 0 Å². The molecule has 0 spiro atoms. The number of carbonyl (C=O) groups excluding carboxylic acids is 2. The molecule has 1 aliphatic heterocycles. The van der Waals surface area contributed by atoms with Crippen molar-refractivity contribution in [2.24, 2.45) is 0 Å². The van der Waals surface area contributed by atoms with E-state index < -0.39 is 12.1 Å². The van der Waals surface area contributed by atoms with E-state index in [0.29, 0.717) is 0 Å². The maximum atomic E-state index is 11.6. The number of carbonyl (C=O) groups is 2. The number of hydroxylamine groups is 2. The van der Waals surface area contributed by atoms with Crippen LogP contribution in [-0.4, -0.2) is 36.3 Å². The Morgan fingerprint density at radius 1 is 1.37 bits per heavy atom. The van der Waals surface area contributed by atoms with Crippen molar-refractivity contribution in [3.63, 3.8) is 0 Å². The lowest BCUT2D eigenvalue weighted by molar-refractivity contribution is -0.219. The predicted octanol–water partition coefficient (Wildman–Crippen LogP) is 1.07. The van der Waals surface area contributed by atoms with E-state index >= 15 is 0 Å². The molecule has 1 aliphatic rings. The minimum atomic E-state index is -0.607. The number of benzene rings is 1. The first-order chi connectivity index (χ1) is 9.13. The van der Waals surface area contributed by atoms with E-state index in [9.17, 15) is 9.59 Å². The van der Waals surface area contributed by atoms with Crippen molar-refractivity contribution in [3.8, 4) is 0 Å². The Bertz CT molecular complexity index is 463. The number of hydrogen-bond acceptors (Lipinski definition) is 4. The highest BCUT2D eigenvalue weighted by atomic mass is 16.7. The molecule has 0 bridgehead atoms. The fraction of sp³-hybridized carbons (Fsp3) is 0.385. The summed E-state index contributed by atoms with van der Waals surface area (Å²) in [6, 6.07) is 8.56. The summed E-state index contributed by atoms with van der Waals surface area (Å²) in [5.41, 5.74) is 0.893. The molecule has 6 nitrogen and oxygen atoms in total. The van der Waals surface area contributed by atoms with Crippen LogP contribution in [0.25, 0.3) is 0 Å². The first-order valence-electron chi connectivity index (χ1n) is 5.98. The standard InChI is InChI=1S/C13H16N2O4/c1-9-11(12(16)15(9)18-2)14-13(17)19-8-10-6-4-3-5-7-10/h3-7,9,11H,8H2,1-2H3,(H,14,17)/t9-,11-/m1/s1. The van der Waals surface area contributed by atoms with Crippen molar-refractivity contribution in [2.45, 2.75) is 25.6 Å². The van der Waals surface area contributed by atoms with Crippen LogP contribution in [-0.2, 0) is 21.0 Å². The second kappa shape index (κ2) is 5.71. The number of ether oxygens (including phenoxy) is 1. The smallest absolute Gasteiger partial charge is 0.408 e. The van der Waals surface area contributed by atoms with Crippen molar-refractivity contribution in [1.29, 1.82) is 0 Å². The first kappa shape index (κ1) is 13.4. The summed E-state index contributed by atoms with van der Waals surface area (Å²) in [4.78, 5) is 27.9. The van der Waals surface area contributed by atoms with Crippen molar-refractivity contribution in [3.05, 3.63) is 35.9 Å². The molecule has 0 aromatic heterocycles. The van der Waals surface area contributed by atoms with Gasteiger partial charge in [0.05, 0.1) is 13.2 Å². The fourth-order valence-corrected chi connectivity index (χ4v) is 1.93. The number of hydrogen-bond donors (Lipinski definition) is 1. The van der Waals surface area contributed by atoms with Crippen LogP contribution in [0.2, 0.25) is 0 Å². The van der Waals surface area contributed by atoms with Crippen molar-refractivity contribution < 1.29 is 19.2 Å². The molecule has 1 saturated heterocycles. The zero-order chi connectivity index (χ0) is 13.8. The molecule has 2 rings (SSSR count). The third-order valence-corrected chi connectivity index (χ3v) is 3.02. The Labute approximate surface area is 111 Å². The van der Waals surface area contributed by atoms with E-state index in [1.807, 2.05) is 30.3 Å². The van der Waals surface area contributed by atoms with E-state index in [4.69, 9.17) is 9.57 Å². The van der Waals surface area contributed by atoms with Gasteiger partial charge in [0.25, 0.3) is 5.91 Å². The lowest BCUT2D eigenvalue weighted by Crippen LogP contribution is -2.69. The van der Waals surface area contributed by atoms with Crippen LogP contribution in [0.1, 0.15) is 12.5 Å². The highest BCUT2D eigenvalue weighted by molar-refractivity contribution is 5.91. The maximum absolute atomic E-state index is 11.6. The van der Waals surface area contributed by atoms with Gasteiger partial charge >= 0.3 is 6.09 Å². The number of nitrogens with zero attached hydrogens (tertiary/aromatic N) is 1. The molecule has 1 N–H and O–H groups in total. The van der Waals surface area contributed by atoms with E-state index in [1.54, 1.807) is 6.92 Å². The van der Waals surface area contributed by atoms with Crippen LogP contribution < -0.4 is 5.32 Å². The van der Waals surface area contributed by atoms with Crippen LogP contribution in [0.5, 0.6) is 0 Å². The molecule has 0 saturated carbocycles. The quantitative estimate of drug-likeness (QED) is 0.826. The summed E-state index contributed by atoms with van der Waals surface area (Å²) in [6.45, 7) is 1.96. The Morgan fingerprint density at radius 2 is 2.05 bits per heavy atom. The Hall–Kier alpha value is -2.08. The molecule has 1 fully saturated rings. The van der Waals surface area contributed by atoms with Gasteiger partial charge in [0.15, 0.2) is 0 Å². The van der Waals surface area contributed by atoms with Gasteiger partial charge in [0.1, 0.15) is 12.6 Å². The summed E-state index contributed by atoms with van der Waals surface area (Å²) in [5.74, 6) is -0.272. The highest BCUT2D eigenvalue weighted by Gasteiger charge is 2.46. The van der Waals surface area contributed by atoms with Gasteiger partial charge < -0.3 is 10.1 Å². The van der Waals surface area contributed by atoms with E-state index in [-0.39, 0.29) is 18.6 Å². The lowest BCUT2D eigenvalue weighted by Gasteiger charge is -2.42. The minimum absolute atomic E-state index is 0.177. The second-order valence-corrected chi connectivity index (χ2v) is 4.27. The average molecular weight is 264 g/mol. The molecule has 102 valence electrons. The fourth-order valence-electron chi connectivity index (χ4n) is 1.93. The average Bonchev–Trinajstić information content (AvgIpc) is 2.44. The number of alkyl carbamates (subject to hydrolysis) is 1. The summed E-state index contributed by atoms with van der Waals surface area (Å²) in [7, 11) is 1.42. The number of amides is 2. The van der Waals surface area contributed by atoms with Crippen molar-refractivity contribution >= 4 is 12.0 Å². The third kappa shape index (κ3) is 2.85. The summed E-state index contributed by atoms with van der Waals surface area (Å²) in [5, 5.41) is 3.73. The Balaban J connectivity index is 1.78. The largest absolute Gasteiger partial charge is 0.445 e. The number of nitrogens with one attached hydrogen (secondary N) is 1. The van der Waals surface area contributed by atoms with Gasteiger partial charge in [-0.15, -0.1) is 0 Å². The minimum Gasteiger partial charge on any atom is -0.445 e. The van der Waals surface area contributed by atoms with Crippen molar-refractivity contribution in [2.75, 3.05) is 7.11 Å². The number of rotatable bonds is 4. The molecule has 1 heterocycles. The molecule has 1 aromatic rings. The summed E-state index contributed by atoms with van der Waals surface area (Å²) < 4.78 is 5.04. The number of β-lactam (4-membered cyclic amide) rings is 1. The summed E-state index contributed by atoms with van der Waals surface area (Å²) in [6.07, 6.45) is -0.607. The van der Waals surface area contributed by atoms with Crippen LogP contribution in [0.15, 0.2) is 30.3 Å². The van der Waals surface area contributed by atoms with Gasteiger partial charge in [-0.2, -0.15) is 0 Å². The van der Waals surface area contributed by atoms with Crippen LogP contribution in [0, 0.1) is 0 Å². The van der Waals surface area contributed by atoms with Gasteiger partial charge in [-0.05, 0) is 12.5 Å². The van der Waals surface area contributed by atoms with Crippen LogP contribution in [0.3, 0.4) is 0 Å². The zero-order valence-electron chi connectivity index (χ0n) is 10.8. The summed E-state index contributed by atoms with van der Waals surface area (Å²) >= 11 is 0. The molecule has 0 unspecified atom stereocenters. The molecule has 6 heteroatoms. The molecular weight excluding hydrogens is 248 g/mol. The van der Waals surface area contributed by atoms with Gasteiger partial charge in [0.2, 0.25) is 0 Å². The van der Waals surface area contributed by atoms with E-state index in [1.165, 1.54) is 12.2 Å². The molecule has 0 aliphatic carbocycles. The zero-order valence-corrected chi connectivity index (χ0v) is 10.8. The molecule has 1 aromatic carbocycles. The molecule has 19 heavy (non-hydrogen) atoms. The Morgan fingerprint density at radius 3 is 2.63 bits per heavy atom. The van der Waals surface area contributed by atoms with Crippen LogP contribution in [0.4, 0.5) is 4.79 Å². The highest BCUT2D eigenvalue weighted by Crippen LogP contribution is 2.19. The lowest BCUT2D eigenvalue weighted by atomic mass is 10.0. The van der Waals surface area contributed by atoms with Gasteiger partial charge in [-0.3, -0.25) is 9.63 Å².